The van der Waals surface area contributed by atoms with Crippen LogP contribution < -0.4 is 5.73 Å². The Labute approximate surface area is 86.0 Å². The smallest absolute Gasteiger partial charge is 0.0900 e. The Kier molecular flexibility index (Phi) is 4.81. The molecule has 0 heterocycles. The zero-order valence-electron chi connectivity index (χ0n) is 9.15. The van der Waals surface area contributed by atoms with Gasteiger partial charge < -0.3 is 20.5 Å². The first kappa shape index (κ1) is 11.9. The minimum absolute atomic E-state index is 0.349. The number of likely N-dealkylation sites (N-methyl/N-ethyl adjacent to an activating group) is 1. The molecule has 0 aliphatic heterocycles. The summed E-state index contributed by atoms with van der Waals surface area (Å²) >= 11 is 0. The summed E-state index contributed by atoms with van der Waals surface area (Å²) in [5.74, 6) is 0. The Bertz CT molecular complexity index is 166. The lowest BCUT2D eigenvalue weighted by molar-refractivity contribution is 0.0347. The van der Waals surface area contributed by atoms with Crippen molar-refractivity contribution in [2.75, 3.05) is 27.3 Å². The van der Waals surface area contributed by atoms with E-state index >= 15 is 0 Å². The van der Waals surface area contributed by atoms with E-state index in [4.69, 9.17) is 10.5 Å². The predicted octanol–water partition coefficient (Wildman–Crippen LogP) is -0.195. The van der Waals surface area contributed by atoms with Gasteiger partial charge in [-0.25, -0.2) is 0 Å². The standard InChI is InChI=1S/C10H22N2O2/c1-12(6-10(13)7-14-2)9-4-3-8(11)5-9/h8-10,13H,3-7,11H2,1-2H3. The monoisotopic (exact) mass is 202 g/mol. The van der Waals surface area contributed by atoms with Gasteiger partial charge in [-0.3, -0.25) is 0 Å². The van der Waals surface area contributed by atoms with Crippen LogP contribution in [0.1, 0.15) is 19.3 Å². The van der Waals surface area contributed by atoms with Crippen molar-refractivity contribution >= 4 is 0 Å². The molecule has 3 N–H and O–H groups in total. The first-order chi connectivity index (χ1) is 6.63. The van der Waals surface area contributed by atoms with E-state index in [9.17, 15) is 5.11 Å². The van der Waals surface area contributed by atoms with Crippen LogP contribution in [0.15, 0.2) is 0 Å². The predicted molar refractivity (Wildman–Crippen MR) is 56.1 cm³/mol. The molecule has 84 valence electrons. The summed E-state index contributed by atoms with van der Waals surface area (Å²) in [6.45, 7) is 1.08. The highest BCUT2D eigenvalue weighted by atomic mass is 16.5. The molecule has 14 heavy (non-hydrogen) atoms. The van der Waals surface area contributed by atoms with Crippen LogP contribution in [0, 0.1) is 0 Å². The molecule has 4 heteroatoms. The van der Waals surface area contributed by atoms with E-state index in [0.29, 0.717) is 25.2 Å². The van der Waals surface area contributed by atoms with Crippen LogP contribution in [0.4, 0.5) is 0 Å². The summed E-state index contributed by atoms with van der Waals surface area (Å²) in [6, 6.07) is 0.888. The third-order valence-electron chi connectivity index (χ3n) is 2.93. The van der Waals surface area contributed by atoms with Crippen molar-refractivity contribution in [3.05, 3.63) is 0 Å². The van der Waals surface area contributed by atoms with E-state index in [2.05, 4.69) is 4.90 Å². The summed E-state index contributed by atoms with van der Waals surface area (Å²) in [5, 5.41) is 9.55. The van der Waals surface area contributed by atoms with Crippen LogP contribution in [0.2, 0.25) is 0 Å². The fraction of sp³-hybridized carbons (Fsp3) is 1.00. The SMILES string of the molecule is COCC(O)CN(C)C1CCC(N)C1. The van der Waals surface area contributed by atoms with Crippen molar-refractivity contribution < 1.29 is 9.84 Å². The molecular weight excluding hydrogens is 180 g/mol. The molecule has 0 amide bonds. The second-order valence-corrected chi connectivity index (χ2v) is 4.28. The molecule has 0 spiro atoms. The van der Waals surface area contributed by atoms with Gasteiger partial charge in [-0.15, -0.1) is 0 Å². The van der Waals surface area contributed by atoms with Crippen molar-refractivity contribution in [1.29, 1.82) is 0 Å². The van der Waals surface area contributed by atoms with Gasteiger partial charge in [0, 0.05) is 25.7 Å². The maximum absolute atomic E-state index is 9.55. The van der Waals surface area contributed by atoms with Gasteiger partial charge >= 0.3 is 0 Å². The van der Waals surface area contributed by atoms with Gasteiger partial charge in [0.15, 0.2) is 0 Å². The van der Waals surface area contributed by atoms with Gasteiger partial charge in [-0.05, 0) is 26.3 Å². The third-order valence-corrected chi connectivity index (χ3v) is 2.93. The average Bonchev–Trinajstić information content (AvgIpc) is 2.52. The molecule has 1 fully saturated rings. The van der Waals surface area contributed by atoms with E-state index in [0.717, 1.165) is 19.3 Å². The molecule has 3 unspecified atom stereocenters. The van der Waals surface area contributed by atoms with Gasteiger partial charge in [-0.1, -0.05) is 0 Å². The van der Waals surface area contributed by atoms with Crippen LogP contribution in [0.25, 0.3) is 0 Å². The molecular formula is C10H22N2O2. The van der Waals surface area contributed by atoms with Crippen molar-refractivity contribution in [2.45, 2.75) is 37.5 Å². The quantitative estimate of drug-likeness (QED) is 0.648. The van der Waals surface area contributed by atoms with Crippen LogP contribution in [-0.2, 0) is 4.74 Å². The molecule has 1 rings (SSSR count). The van der Waals surface area contributed by atoms with E-state index in [1.54, 1.807) is 7.11 Å². The zero-order chi connectivity index (χ0) is 10.6. The number of rotatable bonds is 5. The summed E-state index contributed by atoms with van der Waals surface area (Å²) in [7, 11) is 3.65. The normalized spacial score (nSPS) is 29.8. The minimum atomic E-state index is -0.387. The third kappa shape index (κ3) is 3.53. The van der Waals surface area contributed by atoms with E-state index in [1.165, 1.54) is 0 Å². The molecule has 4 nitrogen and oxygen atoms in total. The lowest BCUT2D eigenvalue weighted by Gasteiger charge is -2.26. The number of aliphatic hydroxyl groups is 1. The largest absolute Gasteiger partial charge is 0.389 e. The minimum Gasteiger partial charge on any atom is -0.389 e. The number of aliphatic hydroxyl groups excluding tert-OH is 1. The molecule has 0 saturated heterocycles. The molecule has 3 atom stereocenters. The molecule has 1 aliphatic rings. The van der Waals surface area contributed by atoms with E-state index < -0.39 is 0 Å². The molecule has 0 aromatic heterocycles. The Morgan fingerprint density at radius 3 is 2.79 bits per heavy atom. The van der Waals surface area contributed by atoms with Crippen LogP contribution in [0.3, 0.4) is 0 Å². The highest BCUT2D eigenvalue weighted by Crippen LogP contribution is 2.21. The second kappa shape index (κ2) is 5.66. The van der Waals surface area contributed by atoms with E-state index in [-0.39, 0.29) is 6.10 Å². The first-order valence-electron chi connectivity index (χ1n) is 5.26. The Balaban J connectivity index is 2.23. The second-order valence-electron chi connectivity index (χ2n) is 4.28. The summed E-state index contributed by atoms with van der Waals surface area (Å²) in [6.07, 6.45) is 2.92. The highest BCUT2D eigenvalue weighted by molar-refractivity contribution is 4.84. The number of hydrogen-bond acceptors (Lipinski definition) is 4. The highest BCUT2D eigenvalue weighted by Gasteiger charge is 2.25. The Morgan fingerprint density at radius 1 is 1.57 bits per heavy atom. The fourth-order valence-electron chi connectivity index (χ4n) is 2.12. The molecule has 0 radical (unpaired) electrons. The van der Waals surface area contributed by atoms with E-state index in [1.807, 2.05) is 7.05 Å². The van der Waals surface area contributed by atoms with Crippen LogP contribution in [0.5, 0.6) is 0 Å². The molecule has 0 aromatic carbocycles. The van der Waals surface area contributed by atoms with Gasteiger partial charge in [0.25, 0.3) is 0 Å². The lowest BCUT2D eigenvalue weighted by atomic mass is 10.2. The maximum Gasteiger partial charge on any atom is 0.0900 e. The van der Waals surface area contributed by atoms with Crippen molar-refractivity contribution in [2.24, 2.45) is 5.73 Å². The first-order valence-corrected chi connectivity index (χ1v) is 5.26. The molecule has 0 bridgehead atoms. The number of ether oxygens (including phenoxy) is 1. The summed E-state index contributed by atoms with van der Waals surface area (Å²) < 4.78 is 4.89. The van der Waals surface area contributed by atoms with Gasteiger partial charge in [-0.2, -0.15) is 0 Å². The van der Waals surface area contributed by atoms with Crippen LogP contribution >= 0.6 is 0 Å². The summed E-state index contributed by atoms with van der Waals surface area (Å²) in [4.78, 5) is 2.19. The van der Waals surface area contributed by atoms with Crippen molar-refractivity contribution in [1.82, 2.24) is 4.90 Å². The number of methoxy groups -OCH3 is 1. The topological polar surface area (TPSA) is 58.7 Å². The molecule has 1 aliphatic carbocycles. The summed E-state index contributed by atoms with van der Waals surface area (Å²) in [5.41, 5.74) is 5.84. The van der Waals surface area contributed by atoms with Crippen molar-refractivity contribution in [3.8, 4) is 0 Å². The Hall–Kier alpha value is -0.160. The maximum atomic E-state index is 9.55. The van der Waals surface area contributed by atoms with Crippen LogP contribution in [-0.4, -0.2) is 55.5 Å². The number of nitrogens with zero attached hydrogens (tertiary/aromatic N) is 1. The average molecular weight is 202 g/mol. The van der Waals surface area contributed by atoms with Gasteiger partial charge in [0.2, 0.25) is 0 Å². The number of nitrogens with two attached hydrogens (primary N) is 1. The fourth-order valence-corrected chi connectivity index (χ4v) is 2.12. The van der Waals surface area contributed by atoms with Gasteiger partial charge in [0.1, 0.15) is 0 Å². The number of hydrogen-bond donors (Lipinski definition) is 2. The zero-order valence-corrected chi connectivity index (χ0v) is 9.15. The molecule has 1 saturated carbocycles. The van der Waals surface area contributed by atoms with Gasteiger partial charge in [0.05, 0.1) is 12.7 Å². The Morgan fingerprint density at radius 2 is 2.29 bits per heavy atom. The van der Waals surface area contributed by atoms with Crippen molar-refractivity contribution in [3.63, 3.8) is 0 Å². The lowest BCUT2D eigenvalue weighted by Crippen LogP contribution is -2.38. The molecule has 0 aromatic rings.